The monoisotopic (exact) mass is 298 g/mol. The van der Waals surface area contributed by atoms with E-state index in [9.17, 15) is 0 Å². The minimum Gasteiger partial charge on any atom is -0.497 e. The molecular formula is C19H22OS. The number of allylic oxidation sites excluding steroid dienone is 1. The Morgan fingerprint density at radius 2 is 1.76 bits per heavy atom. The van der Waals surface area contributed by atoms with Crippen molar-refractivity contribution in [3.63, 3.8) is 0 Å². The molecule has 0 aliphatic rings. The van der Waals surface area contributed by atoms with Gasteiger partial charge in [0, 0.05) is 4.90 Å². The zero-order chi connectivity index (χ0) is 15.1. The highest BCUT2D eigenvalue weighted by molar-refractivity contribution is 8.03. The molecule has 2 aromatic carbocycles. The average molecular weight is 298 g/mol. The summed E-state index contributed by atoms with van der Waals surface area (Å²) in [7, 11) is 1.70. The summed E-state index contributed by atoms with van der Waals surface area (Å²) in [5.74, 6) is 1.41. The van der Waals surface area contributed by atoms with Crippen LogP contribution in [-0.4, -0.2) is 7.11 Å². The second kappa shape index (κ2) is 7.94. The molecule has 0 N–H and O–H groups in total. The van der Waals surface area contributed by atoms with Crippen LogP contribution in [0.2, 0.25) is 0 Å². The van der Waals surface area contributed by atoms with E-state index in [4.69, 9.17) is 4.74 Å². The first-order valence-corrected chi connectivity index (χ1v) is 8.05. The van der Waals surface area contributed by atoms with Crippen molar-refractivity contribution in [2.45, 2.75) is 24.7 Å². The van der Waals surface area contributed by atoms with Crippen molar-refractivity contribution in [1.82, 2.24) is 0 Å². The minimum absolute atomic E-state index is 0.498. The van der Waals surface area contributed by atoms with Crippen molar-refractivity contribution in [2.75, 3.05) is 7.11 Å². The molecule has 0 aliphatic heterocycles. The number of hydrogen-bond acceptors (Lipinski definition) is 2. The summed E-state index contributed by atoms with van der Waals surface area (Å²) < 4.78 is 5.18. The van der Waals surface area contributed by atoms with Gasteiger partial charge < -0.3 is 4.74 Å². The van der Waals surface area contributed by atoms with E-state index in [1.165, 1.54) is 15.4 Å². The van der Waals surface area contributed by atoms with Crippen LogP contribution in [0.1, 0.15) is 18.9 Å². The van der Waals surface area contributed by atoms with E-state index in [2.05, 4.69) is 49.9 Å². The second-order valence-corrected chi connectivity index (χ2v) is 6.37. The van der Waals surface area contributed by atoms with Crippen molar-refractivity contribution < 1.29 is 4.74 Å². The maximum atomic E-state index is 5.18. The third-order valence-electron chi connectivity index (χ3n) is 3.57. The molecule has 0 saturated heterocycles. The van der Waals surface area contributed by atoms with Crippen LogP contribution in [-0.2, 0) is 6.42 Å². The Labute approximate surface area is 132 Å². The van der Waals surface area contributed by atoms with Crippen LogP contribution >= 0.6 is 11.8 Å². The largest absolute Gasteiger partial charge is 0.497 e. The van der Waals surface area contributed by atoms with Gasteiger partial charge in [-0.1, -0.05) is 55.6 Å². The van der Waals surface area contributed by atoms with E-state index >= 15 is 0 Å². The van der Waals surface area contributed by atoms with Crippen molar-refractivity contribution in [3.05, 3.63) is 71.6 Å². The van der Waals surface area contributed by atoms with Gasteiger partial charge in [-0.3, -0.25) is 0 Å². The normalized spacial score (nSPS) is 11.9. The molecule has 0 bridgehead atoms. The number of rotatable bonds is 7. The van der Waals surface area contributed by atoms with Gasteiger partial charge in [0.15, 0.2) is 0 Å². The third-order valence-corrected chi connectivity index (χ3v) is 4.74. The lowest BCUT2D eigenvalue weighted by molar-refractivity contribution is 0.414. The molecule has 2 heteroatoms. The molecule has 0 unspecified atom stereocenters. The number of hydrogen-bond donors (Lipinski definition) is 0. The molecule has 2 rings (SSSR count). The van der Waals surface area contributed by atoms with Crippen LogP contribution in [0.25, 0.3) is 0 Å². The van der Waals surface area contributed by atoms with Gasteiger partial charge in [-0.25, -0.2) is 0 Å². The van der Waals surface area contributed by atoms with Crippen LogP contribution in [0.15, 0.2) is 71.0 Å². The van der Waals surface area contributed by atoms with Gasteiger partial charge in [0.25, 0.3) is 0 Å². The fourth-order valence-corrected chi connectivity index (χ4v) is 2.99. The molecule has 0 amide bonds. The molecule has 0 radical (unpaired) electrons. The zero-order valence-corrected chi connectivity index (χ0v) is 13.5. The van der Waals surface area contributed by atoms with Gasteiger partial charge in [-0.05, 0) is 53.5 Å². The topological polar surface area (TPSA) is 9.23 Å². The van der Waals surface area contributed by atoms with Gasteiger partial charge in [-0.2, -0.15) is 0 Å². The van der Waals surface area contributed by atoms with E-state index in [0.29, 0.717) is 5.92 Å². The first-order chi connectivity index (χ1) is 10.2. The Bertz CT molecular complexity index is 560. The molecule has 0 heterocycles. The Kier molecular flexibility index (Phi) is 5.94. The zero-order valence-electron chi connectivity index (χ0n) is 12.7. The summed E-state index contributed by atoms with van der Waals surface area (Å²) in [4.78, 5) is 2.49. The molecule has 0 aliphatic carbocycles. The molecule has 1 nitrogen and oxygen atoms in total. The minimum atomic E-state index is 0.498. The van der Waals surface area contributed by atoms with Gasteiger partial charge >= 0.3 is 0 Å². The Balaban J connectivity index is 1.83. The first-order valence-electron chi connectivity index (χ1n) is 7.23. The fraction of sp³-hybridized carbons (Fsp3) is 0.263. The van der Waals surface area contributed by atoms with Crippen molar-refractivity contribution in [3.8, 4) is 5.75 Å². The standard InChI is InChI=1S/C19H22OS/c1-15(16(2)21-19-7-5-4-6-8-19)9-10-17-11-13-18(20-3)14-12-17/h4-8,11-15H,2,9-10H2,1,3H3/t15-/m1/s1. The fourth-order valence-electron chi connectivity index (χ4n) is 2.08. The number of benzene rings is 2. The lowest BCUT2D eigenvalue weighted by Crippen LogP contribution is -1.98. The van der Waals surface area contributed by atoms with Gasteiger partial charge in [0.05, 0.1) is 7.11 Å². The Morgan fingerprint density at radius 1 is 1.10 bits per heavy atom. The number of thioether (sulfide) groups is 1. The highest BCUT2D eigenvalue weighted by Crippen LogP contribution is 2.32. The van der Waals surface area contributed by atoms with Crippen LogP contribution in [0.3, 0.4) is 0 Å². The molecule has 0 aromatic heterocycles. The van der Waals surface area contributed by atoms with Crippen LogP contribution in [0, 0.1) is 5.92 Å². The summed E-state index contributed by atoms with van der Waals surface area (Å²) in [5.41, 5.74) is 1.35. The summed E-state index contributed by atoms with van der Waals surface area (Å²) in [6, 6.07) is 18.8. The maximum Gasteiger partial charge on any atom is 0.118 e. The molecule has 110 valence electrons. The quantitative estimate of drug-likeness (QED) is 0.618. The van der Waals surface area contributed by atoms with Gasteiger partial charge in [0.1, 0.15) is 5.75 Å². The molecule has 0 spiro atoms. The predicted molar refractivity (Wildman–Crippen MR) is 91.9 cm³/mol. The SMILES string of the molecule is C=C(Sc1ccccc1)[C@H](C)CCc1ccc(OC)cc1. The summed E-state index contributed by atoms with van der Waals surface area (Å²) in [5, 5.41) is 0. The molecule has 1 atom stereocenters. The first kappa shape index (κ1) is 15.7. The lowest BCUT2D eigenvalue weighted by Gasteiger charge is -2.14. The third kappa shape index (κ3) is 4.98. The smallest absolute Gasteiger partial charge is 0.118 e. The van der Waals surface area contributed by atoms with Gasteiger partial charge in [0.2, 0.25) is 0 Å². The highest BCUT2D eigenvalue weighted by atomic mass is 32.2. The maximum absolute atomic E-state index is 5.18. The van der Waals surface area contributed by atoms with Crippen LogP contribution < -0.4 is 4.74 Å². The Hall–Kier alpha value is -1.67. The number of aryl methyl sites for hydroxylation is 1. The Morgan fingerprint density at radius 3 is 2.38 bits per heavy atom. The molecular weight excluding hydrogens is 276 g/mol. The van der Waals surface area contributed by atoms with E-state index in [1.54, 1.807) is 18.9 Å². The highest BCUT2D eigenvalue weighted by Gasteiger charge is 2.08. The van der Waals surface area contributed by atoms with Gasteiger partial charge in [-0.15, -0.1) is 0 Å². The van der Waals surface area contributed by atoms with Crippen molar-refractivity contribution in [2.24, 2.45) is 5.92 Å². The van der Waals surface area contributed by atoms with Crippen LogP contribution in [0.4, 0.5) is 0 Å². The van der Waals surface area contributed by atoms with E-state index in [0.717, 1.165) is 18.6 Å². The molecule has 0 fully saturated rings. The molecule has 0 saturated carbocycles. The lowest BCUT2D eigenvalue weighted by atomic mass is 10.0. The van der Waals surface area contributed by atoms with Crippen molar-refractivity contribution in [1.29, 1.82) is 0 Å². The van der Waals surface area contributed by atoms with Crippen molar-refractivity contribution >= 4 is 11.8 Å². The summed E-state index contributed by atoms with van der Waals surface area (Å²) >= 11 is 1.78. The summed E-state index contributed by atoms with van der Waals surface area (Å²) in [6.45, 7) is 6.48. The average Bonchev–Trinajstić information content (AvgIpc) is 2.54. The number of methoxy groups -OCH3 is 1. The molecule has 21 heavy (non-hydrogen) atoms. The van der Waals surface area contributed by atoms with Crippen LogP contribution in [0.5, 0.6) is 5.75 Å². The second-order valence-electron chi connectivity index (χ2n) is 5.17. The predicted octanol–water partition coefficient (Wildman–Crippen LogP) is 5.57. The van der Waals surface area contributed by atoms with E-state index in [1.807, 2.05) is 18.2 Å². The van der Waals surface area contributed by atoms with E-state index in [-0.39, 0.29) is 0 Å². The summed E-state index contributed by atoms with van der Waals surface area (Å²) in [6.07, 6.45) is 2.19. The van der Waals surface area contributed by atoms with E-state index < -0.39 is 0 Å². The number of ether oxygens (including phenoxy) is 1. The molecule has 2 aromatic rings.